The van der Waals surface area contributed by atoms with Crippen molar-refractivity contribution in [3.63, 3.8) is 0 Å². The fraction of sp³-hybridized carbons (Fsp3) is 0.579. The molecule has 0 spiro atoms. The molecule has 0 bridgehead atoms. The van der Waals surface area contributed by atoms with Gasteiger partial charge in [-0.2, -0.15) is 0 Å². The summed E-state index contributed by atoms with van der Waals surface area (Å²) >= 11 is 0. The summed E-state index contributed by atoms with van der Waals surface area (Å²) in [6, 6.07) is 4.34. The third kappa shape index (κ3) is 4.26. The quantitative estimate of drug-likeness (QED) is 0.821. The lowest BCUT2D eigenvalue weighted by Crippen LogP contribution is -2.88. The van der Waals surface area contributed by atoms with Gasteiger partial charge in [-0.1, -0.05) is 39.0 Å². The molecule has 120 valence electrons. The summed E-state index contributed by atoms with van der Waals surface area (Å²) in [7, 11) is 0. The standard InChI is InChI=1S/C19H28N2O/c1-14-7-5-9-19(3,4)18(14)17(22)11-15(2)21-13-16-8-6-10-20-12-16/h5-8,10,12,14-15,18,21H,9,11,13H2,1-4H3/p+1. The van der Waals surface area contributed by atoms with Crippen molar-refractivity contribution in [3.05, 3.63) is 42.2 Å². The highest BCUT2D eigenvalue weighted by Crippen LogP contribution is 2.41. The maximum absolute atomic E-state index is 12.8. The van der Waals surface area contributed by atoms with Crippen LogP contribution in [0, 0.1) is 17.3 Å². The molecule has 3 nitrogen and oxygen atoms in total. The highest BCUT2D eigenvalue weighted by Gasteiger charge is 2.39. The van der Waals surface area contributed by atoms with Crippen LogP contribution in [0.25, 0.3) is 0 Å². The van der Waals surface area contributed by atoms with Gasteiger partial charge in [0.1, 0.15) is 12.3 Å². The minimum Gasteiger partial charge on any atom is -0.340 e. The first-order chi connectivity index (χ1) is 10.4. The highest BCUT2D eigenvalue weighted by molar-refractivity contribution is 5.82. The second kappa shape index (κ2) is 7.19. The van der Waals surface area contributed by atoms with Gasteiger partial charge in [-0.25, -0.2) is 0 Å². The Morgan fingerprint density at radius 2 is 2.27 bits per heavy atom. The fourth-order valence-corrected chi connectivity index (χ4v) is 3.65. The number of quaternary nitrogens is 1. The number of carbonyl (C=O) groups excluding carboxylic acids is 1. The number of carbonyl (C=O) groups is 1. The van der Waals surface area contributed by atoms with E-state index >= 15 is 0 Å². The summed E-state index contributed by atoms with van der Waals surface area (Å²) < 4.78 is 0. The van der Waals surface area contributed by atoms with Crippen LogP contribution in [-0.2, 0) is 11.3 Å². The average molecular weight is 301 g/mol. The number of ketones is 1. The Morgan fingerprint density at radius 1 is 1.50 bits per heavy atom. The number of nitrogens with two attached hydrogens (primary N) is 1. The topological polar surface area (TPSA) is 46.6 Å². The van der Waals surface area contributed by atoms with Gasteiger partial charge in [0.05, 0.1) is 12.5 Å². The summed E-state index contributed by atoms with van der Waals surface area (Å²) in [6.07, 6.45) is 9.76. The second-order valence-corrected chi connectivity index (χ2v) is 7.41. The molecule has 0 aromatic carbocycles. The molecule has 1 heterocycles. The van der Waals surface area contributed by atoms with Gasteiger partial charge in [0, 0.05) is 23.9 Å². The Hall–Kier alpha value is -1.48. The largest absolute Gasteiger partial charge is 0.340 e. The van der Waals surface area contributed by atoms with E-state index in [1.54, 1.807) is 6.20 Å². The predicted octanol–water partition coefficient (Wildman–Crippen LogP) is 2.73. The van der Waals surface area contributed by atoms with Gasteiger partial charge in [-0.05, 0) is 30.7 Å². The molecular weight excluding hydrogens is 272 g/mol. The van der Waals surface area contributed by atoms with Crippen molar-refractivity contribution in [3.8, 4) is 0 Å². The highest BCUT2D eigenvalue weighted by atomic mass is 16.1. The maximum Gasteiger partial charge on any atom is 0.142 e. The number of rotatable bonds is 6. The number of nitrogens with zero attached hydrogens (tertiary/aromatic N) is 1. The van der Waals surface area contributed by atoms with Gasteiger partial charge in [0.15, 0.2) is 0 Å². The molecule has 0 amide bonds. The molecular formula is C19H29N2O+. The number of hydrogen-bond donors (Lipinski definition) is 1. The number of aromatic nitrogens is 1. The lowest BCUT2D eigenvalue weighted by molar-refractivity contribution is -0.700. The third-order valence-corrected chi connectivity index (χ3v) is 4.80. The Bertz CT molecular complexity index is 521. The third-order valence-electron chi connectivity index (χ3n) is 4.80. The van der Waals surface area contributed by atoms with Crippen LogP contribution in [0.4, 0.5) is 0 Å². The van der Waals surface area contributed by atoms with Crippen LogP contribution < -0.4 is 5.32 Å². The Labute approximate surface area is 134 Å². The van der Waals surface area contributed by atoms with Crippen LogP contribution in [0.1, 0.15) is 46.1 Å². The van der Waals surface area contributed by atoms with E-state index in [1.807, 2.05) is 12.3 Å². The summed E-state index contributed by atoms with van der Waals surface area (Å²) in [5.41, 5.74) is 1.28. The van der Waals surface area contributed by atoms with E-state index < -0.39 is 0 Å². The van der Waals surface area contributed by atoms with E-state index in [9.17, 15) is 4.79 Å². The molecule has 1 aliphatic rings. The van der Waals surface area contributed by atoms with Crippen molar-refractivity contribution in [2.75, 3.05) is 0 Å². The summed E-state index contributed by atoms with van der Waals surface area (Å²) in [5.74, 6) is 0.908. The smallest absolute Gasteiger partial charge is 0.142 e. The van der Waals surface area contributed by atoms with Crippen LogP contribution in [0.5, 0.6) is 0 Å². The Kier molecular flexibility index (Phi) is 5.52. The van der Waals surface area contributed by atoms with E-state index in [-0.39, 0.29) is 11.3 Å². The zero-order valence-electron chi connectivity index (χ0n) is 14.3. The van der Waals surface area contributed by atoms with Crippen molar-refractivity contribution in [1.82, 2.24) is 4.98 Å². The molecule has 0 aliphatic heterocycles. The normalized spacial score (nSPS) is 24.9. The number of Topliss-reactive ketones (excluding diaryl/α,β-unsaturated/α-hetero) is 1. The molecule has 0 fully saturated rings. The van der Waals surface area contributed by atoms with Gasteiger partial charge in [-0.3, -0.25) is 9.78 Å². The molecule has 0 saturated heterocycles. The summed E-state index contributed by atoms with van der Waals surface area (Å²) in [4.78, 5) is 16.9. The Balaban J connectivity index is 1.89. The number of hydrogen-bond acceptors (Lipinski definition) is 2. The first-order valence-electron chi connectivity index (χ1n) is 8.32. The predicted molar refractivity (Wildman–Crippen MR) is 89.1 cm³/mol. The maximum atomic E-state index is 12.8. The van der Waals surface area contributed by atoms with E-state index in [1.165, 1.54) is 5.56 Å². The van der Waals surface area contributed by atoms with Gasteiger partial charge in [-0.15, -0.1) is 0 Å². The van der Waals surface area contributed by atoms with Crippen LogP contribution in [0.15, 0.2) is 36.7 Å². The molecule has 1 aromatic heterocycles. The molecule has 22 heavy (non-hydrogen) atoms. The van der Waals surface area contributed by atoms with E-state index in [0.29, 0.717) is 24.2 Å². The average Bonchev–Trinajstić information content (AvgIpc) is 2.45. The number of pyridine rings is 1. The van der Waals surface area contributed by atoms with Crippen LogP contribution in [-0.4, -0.2) is 16.8 Å². The number of allylic oxidation sites excluding steroid dienone is 2. The molecule has 0 radical (unpaired) electrons. The summed E-state index contributed by atoms with van der Waals surface area (Å²) in [6.45, 7) is 9.64. The van der Waals surface area contributed by atoms with E-state index in [4.69, 9.17) is 0 Å². The Morgan fingerprint density at radius 3 is 2.91 bits per heavy atom. The molecule has 3 unspecified atom stereocenters. The molecule has 2 rings (SSSR count). The van der Waals surface area contributed by atoms with Gasteiger partial charge < -0.3 is 5.32 Å². The molecule has 3 atom stereocenters. The van der Waals surface area contributed by atoms with Gasteiger partial charge in [0.2, 0.25) is 0 Å². The van der Waals surface area contributed by atoms with Crippen molar-refractivity contribution >= 4 is 5.78 Å². The van der Waals surface area contributed by atoms with Crippen molar-refractivity contribution in [2.24, 2.45) is 17.3 Å². The summed E-state index contributed by atoms with van der Waals surface area (Å²) in [5, 5.41) is 2.24. The molecule has 1 aromatic rings. The zero-order valence-corrected chi connectivity index (χ0v) is 14.3. The SMILES string of the molecule is CC(CC(=O)C1C(C)C=CCC1(C)C)[NH2+]Cc1cccnc1. The molecule has 1 aliphatic carbocycles. The van der Waals surface area contributed by atoms with Crippen LogP contribution in [0.3, 0.4) is 0 Å². The van der Waals surface area contributed by atoms with Crippen LogP contribution in [0.2, 0.25) is 0 Å². The molecule has 0 saturated carbocycles. The fourth-order valence-electron chi connectivity index (χ4n) is 3.65. The monoisotopic (exact) mass is 301 g/mol. The van der Waals surface area contributed by atoms with Crippen molar-refractivity contribution in [2.45, 2.75) is 53.1 Å². The van der Waals surface area contributed by atoms with Crippen LogP contribution >= 0.6 is 0 Å². The van der Waals surface area contributed by atoms with Crippen molar-refractivity contribution < 1.29 is 10.1 Å². The van der Waals surface area contributed by atoms with E-state index in [2.05, 4.69) is 56.2 Å². The van der Waals surface area contributed by atoms with Gasteiger partial charge >= 0.3 is 0 Å². The van der Waals surface area contributed by atoms with E-state index in [0.717, 1.165) is 13.0 Å². The van der Waals surface area contributed by atoms with Gasteiger partial charge in [0.25, 0.3) is 0 Å². The second-order valence-electron chi connectivity index (χ2n) is 7.41. The molecule has 2 N–H and O–H groups in total. The minimum atomic E-state index is 0.0777. The first-order valence-corrected chi connectivity index (χ1v) is 8.32. The minimum absolute atomic E-state index is 0.0777. The van der Waals surface area contributed by atoms with Crippen molar-refractivity contribution in [1.29, 1.82) is 0 Å². The lowest BCUT2D eigenvalue weighted by Gasteiger charge is -2.39. The zero-order chi connectivity index (χ0) is 16.2. The first kappa shape index (κ1) is 16.9. The lowest BCUT2D eigenvalue weighted by atomic mass is 9.65. The molecule has 3 heteroatoms.